The van der Waals surface area contributed by atoms with Gasteiger partial charge in [-0.1, -0.05) is 140 Å². The van der Waals surface area contributed by atoms with Crippen molar-refractivity contribution in [1.82, 2.24) is 9.55 Å². The number of hydrogen-bond donors (Lipinski definition) is 0. The Hall–Kier alpha value is -6.81. The number of pyridine rings is 1. The number of benzene rings is 8. The van der Waals surface area contributed by atoms with Crippen LogP contribution in [0.4, 0.5) is 0 Å². The summed E-state index contributed by atoms with van der Waals surface area (Å²) in [5, 5.41) is 4.88. The smallest absolute Gasteiger partial charge is 0.0902 e. The van der Waals surface area contributed by atoms with Crippen LogP contribution in [0, 0.1) is 0 Å². The Morgan fingerprint density at radius 2 is 0.907 bits per heavy atom. The summed E-state index contributed by atoms with van der Waals surface area (Å²) in [6.07, 6.45) is 0. The first-order chi connectivity index (χ1) is 26.8. The van der Waals surface area contributed by atoms with Crippen LogP contribution in [0.15, 0.2) is 194 Å². The fraction of sp³-hybridized carbons (Fsp3) is 0. The molecule has 0 N–H and O–H groups in total. The van der Waals surface area contributed by atoms with Crippen molar-refractivity contribution in [3.05, 3.63) is 194 Å². The third kappa shape index (κ3) is 4.97. The van der Waals surface area contributed by atoms with Gasteiger partial charge >= 0.3 is 0 Å². The van der Waals surface area contributed by atoms with E-state index in [1.165, 1.54) is 86.5 Å². The topological polar surface area (TPSA) is 17.8 Å². The average Bonchev–Trinajstić information content (AvgIpc) is 3.78. The molecule has 0 radical (unpaired) electrons. The first kappa shape index (κ1) is 30.8. The summed E-state index contributed by atoms with van der Waals surface area (Å²) in [6.45, 7) is 0. The highest BCUT2D eigenvalue weighted by Crippen LogP contribution is 2.44. The van der Waals surface area contributed by atoms with E-state index in [1.807, 2.05) is 11.3 Å². The molecule has 11 rings (SSSR count). The molecule has 0 atom stereocenters. The molecule has 3 heterocycles. The van der Waals surface area contributed by atoms with E-state index < -0.39 is 0 Å². The van der Waals surface area contributed by atoms with Crippen molar-refractivity contribution in [3.8, 4) is 50.2 Å². The second-order valence-corrected chi connectivity index (χ2v) is 15.0. The number of fused-ring (bicyclic) bond motifs is 7. The molecule has 11 aromatic rings. The monoisotopic (exact) mass is 704 g/mol. The molecule has 0 aliphatic heterocycles. The highest BCUT2D eigenvalue weighted by Gasteiger charge is 2.18. The zero-order valence-electron chi connectivity index (χ0n) is 29.3. The summed E-state index contributed by atoms with van der Waals surface area (Å²) >= 11 is 1.84. The number of aromatic nitrogens is 2. The number of rotatable bonds is 5. The maximum atomic E-state index is 5.18. The molecule has 3 aromatic heterocycles. The van der Waals surface area contributed by atoms with Gasteiger partial charge in [0.1, 0.15) is 0 Å². The van der Waals surface area contributed by atoms with Gasteiger partial charge in [-0.3, -0.25) is 0 Å². The molecule has 2 nitrogen and oxygen atoms in total. The van der Waals surface area contributed by atoms with Crippen molar-refractivity contribution >= 4 is 64.3 Å². The molecule has 0 saturated heterocycles. The molecule has 0 bridgehead atoms. The van der Waals surface area contributed by atoms with E-state index in [-0.39, 0.29) is 0 Å². The van der Waals surface area contributed by atoms with Gasteiger partial charge in [0, 0.05) is 37.5 Å². The molecular formula is C51H32N2S. The summed E-state index contributed by atoms with van der Waals surface area (Å²) in [6, 6.07) is 70.4. The predicted molar refractivity (Wildman–Crippen MR) is 231 cm³/mol. The summed E-state index contributed by atoms with van der Waals surface area (Å²) in [7, 11) is 0. The minimum Gasteiger partial charge on any atom is -0.309 e. The van der Waals surface area contributed by atoms with Crippen LogP contribution in [0.3, 0.4) is 0 Å². The Morgan fingerprint density at radius 1 is 0.370 bits per heavy atom. The van der Waals surface area contributed by atoms with Gasteiger partial charge in [0.25, 0.3) is 0 Å². The molecule has 0 spiro atoms. The Labute approximate surface area is 316 Å². The molecule has 54 heavy (non-hydrogen) atoms. The fourth-order valence-electron chi connectivity index (χ4n) is 8.22. The lowest BCUT2D eigenvalue weighted by Gasteiger charge is -2.13. The van der Waals surface area contributed by atoms with Crippen molar-refractivity contribution in [2.75, 3.05) is 0 Å². The van der Waals surface area contributed by atoms with Gasteiger partial charge in [-0.15, -0.1) is 11.3 Å². The fourth-order valence-corrected chi connectivity index (χ4v) is 9.45. The van der Waals surface area contributed by atoms with E-state index in [4.69, 9.17) is 4.98 Å². The lowest BCUT2D eigenvalue weighted by molar-refractivity contribution is 1.18. The van der Waals surface area contributed by atoms with Crippen LogP contribution in [-0.4, -0.2) is 9.55 Å². The third-order valence-corrected chi connectivity index (χ3v) is 11.9. The van der Waals surface area contributed by atoms with Crippen molar-refractivity contribution in [1.29, 1.82) is 0 Å². The normalized spacial score (nSPS) is 11.7. The van der Waals surface area contributed by atoms with E-state index in [1.54, 1.807) is 0 Å². The van der Waals surface area contributed by atoms with E-state index in [0.717, 1.165) is 16.7 Å². The quantitative estimate of drug-likeness (QED) is 0.174. The Morgan fingerprint density at radius 3 is 1.61 bits per heavy atom. The van der Waals surface area contributed by atoms with E-state index >= 15 is 0 Å². The van der Waals surface area contributed by atoms with Crippen LogP contribution in [0.2, 0.25) is 0 Å². The summed E-state index contributed by atoms with van der Waals surface area (Å²) in [5.41, 5.74) is 15.3. The molecule has 0 aliphatic rings. The highest BCUT2D eigenvalue weighted by atomic mass is 32.1. The molecule has 3 heteroatoms. The van der Waals surface area contributed by atoms with Gasteiger partial charge in [-0.05, 0) is 93.5 Å². The number of thiophene rings is 1. The number of nitrogens with zero attached hydrogens (tertiary/aromatic N) is 2. The Kier molecular flexibility index (Phi) is 7.07. The van der Waals surface area contributed by atoms with Crippen LogP contribution >= 0.6 is 11.3 Å². The second kappa shape index (κ2) is 12.4. The first-order valence-corrected chi connectivity index (χ1v) is 19.2. The highest BCUT2D eigenvalue weighted by molar-refractivity contribution is 7.26. The molecule has 0 unspecified atom stereocenters. The molecule has 0 saturated carbocycles. The minimum atomic E-state index is 1.02. The van der Waals surface area contributed by atoms with Crippen LogP contribution in [-0.2, 0) is 0 Å². The van der Waals surface area contributed by atoms with Crippen LogP contribution in [0.25, 0.3) is 103 Å². The average molecular weight is 705 g/mol. The van der Waals surface area contributed by atoms with Crippen molar-refractivity contribution in [2.24, 2.45) is 0 Å². The lowest BCUT2D eigenvalue weighted by Crippen LogP contribution is -1.94. The van der Waals surface area contributed by atoms with Crippen LogP contribution in [0.1, 0.15) is 0 Å². The first-order valence-electron chi connectivity index (χ1n) is 18.4. The van der Waals surface area contributed by atoms with Crippen LogP contribution < -0.4 is 0 Å². The summed E-state index contributed by atoms with van der Waals surface area (Å²) in [4.78, 5) is 5.18. The van der Waals surface area contributed by atoms with Crippen molar-refractivity contribution < 1.29 is 0 Å². The van der Waals surface area contributed by atoms with Gasteiger partial charge in [0.05, 0.1) is 26.8 Å². The Balaban J connectivity index is 1.09. The molecule has 0 fully saturated rings. The minimum absolute atomic E-state index is 1.02. The number of para-hydroxylation sites is 1. The molecule has 0 amide bonds. The standard InChI is InChI=1S/C51H32N2S/c1-3-13-33(14-4-1)37-25-27-46-43(31-37)44-32-38(34-15-5-2-6-16-34)26-28-47(44)53(46)40-20-12-18-36(30-40)35-17-11-19-39(29-35)49-41-21-7-9-23-45(41)52-50-42-22-8-10-24-48(42)54-51(49)50/h1-32H. The molecule has 8 aromatic carbocycles. The molecule has 252 valence electrons. The Bertz CT molecular complexity index is 3110. The van der Waals surface area contributed by atoms with Crippen molar-refractivity contribution in [3.63, 3.8) is 0 Å². The molecule has 0 aliphatic carbocycles. The SMILES string of the molecule is c1ccc(-c2ccc3c(c2)c2cc(-c4ccccc4)ccc2n3-c2cccc(-c3cccc(-c4c5ccccc5nc5c4sc4ccccc45)c3)c2)cc1. The zero-order valence-corrected chi connectivity index (χ0v) is 30.1. The van der Waals surface area contributed by atoms with E-state index in [2.05, 4.69) is 199 Å². The molecular weight excluding hydrogens is 673 g/mol. The van der Waals surface area contributed by atoms with Gasteiger partial charge in [-0.25, -0.2) is 4.98 Å². The van der Waals surface area contributed by atoms with Crippen molar-refractivity contribution in [2.45, 2.75) is 0 Å². The van der Waals surface area contributed by atoms with Crippen LogP contribution in [0.5, 0.6) is 0 Å². The lowest BCUT2D eigenvalue weighted by atomic mass is 9.96. The van der Waals surface area contributed by atoms with E-state index in [0.29, 0.717) is 0 Å². The number of hydrogen-bond acceptors (Lipinski definition) is 2. The maximum absolute atomic E-state index is 5.18. The zero-order chi connectivity index (χ0) is 35.6. The van der Waals surface area contributed by atoms with Gasteiger partial charge in [0.2, 0.25) is 0 Å². The predicted octanol–water partition coefficient (Wildman–Crippen LogP) is 14.4. The summed E-state index contributed by atoms with van der Waals surface area (Å²) in [5.74, 6) is 0. The maximum Gasteiger partial charge on any atom is 0.0902 e. The summed E-state index contributed by atoms with van der Waals surface area (Å²) < 4.78 is 4.92. The largest absolute Gasteiger partial charge is 0.309 e. The van der Waals surface area contributed by atoms with Gasteiger partial charge in [0.15, 0.2) is 0 Å². The van der Waals surface area contributed by atoms with Gasteiger partial charge in [-0.2, -0.15) is 0 Å². The van der Waals surface area contributed by atoms with E-state index in [9.17, 15) is 0 Å². The third-order valence-electron chi connectivity index (χ3n) is 10.8. The van der Waals surface area contributed by atoms with Gasteiger partial charge < -0.3 is 4.57 Å². The second-order valence-electron chi connectivity index (χ2n) is 13.9.